The monoisotopic (exact) mass is 300 g/mol. The zero-order valence-corrected chi connectivity index (χ0v) is 12.4. The van der Waals surface area contributed by atoms with Crippen LogP contribution in [0.15, 0.2) is 18.2 Å². The number of nitrogens with two attached hydrogens (primary N) is 1. The highest BCUT2D eigenvalue weighted by molar-refractivity contribution is 5.46. The van der Waals surface area contributed by atoms with E-state index in [4.69, 9.17) is 5.73 Å². The van der Waals surface area contributed by atoms with Crippen molar-refractivity contribution in [2.24, 2.45) is 5.92 Å². The van der Waals surface area contributed by atoms with E-state index in [9.17, 15) is 13.2 Å². The average molecular weight is 300 g/mol. The summed E-state index contributed by atoms with van der Waals surface area (Å²) in [7, 11) is 1.89. The van der Waals surface area contributed by atoms with Gasteiger partial charge in [-0.2, -0.15) is 13.2 Å². The lowest BCUT2D eigenvalue weighted by molar-refractivity contribution is -0.138. The molecule has 1 aliphatic carbocycles. The Bertz CT molecular complexity index is 465. The lowest BCUT2D eigenvalue weighted by Crippen LogP contribution is -2.27. The Labute approximate surface area is 124 Å². The Morgan fingerprint density at radius 1 is 1.19 bits per heavy atom. The van der Waals surface area contributed by atoms with Crippen LogP contribution in [0.25, 0.3) is 0 Å². The fraction of sp³-hybridized carbons (Fsp3) is 0.625. The van der Waals surface area contributed by atoms with Crippen LogP contribution in [0.3, 0.4) is 0 Å². The number of benzene rings is 1. The summed E-state index contributed by atoms with van der Waals surface area (Å²) in [6.45, 7) is 1.17. The van der Waals surface area contributed by atoms with Gasteiger partial charge in [-0.15, -0.1) is 0 Å². The number of alkyl halides is 3. The SMILES string of the molecule is CN(Cc1ccc(N)cc1C(F)(F)F)CC1CCCCC1. The zero-order chi connectivity index (χ0) is 15.5. The first-order chi connectivity index (χ1) is 9.86. The van der Waals surface area contributed by atoms with E-state index in [0.717, 1.165) is 12.6 Å². The Morgan fingerprint density at radius 3 is 2.48 bits per heavy atom. The third-order valence-corrected chi connectivity index (χ3v) is 4.17. The van der Waals surface area contributed by atoms with E-state index >= 15 is 0 Å². The van der Waals surface area contributed by atoms with Gasteiger partial charge in [-0.1, -0.05) is 25.3 Å². The molecule has 0 amide bonds. The highest BCUT2D eigenvalue weighted by Gasteiger charge is 2.33. The van der Waals surface area contributed by atoms with Crippen molar-refractivity contribution in [2.45, 2.75) is 44.8 Å². The maximum Gasteiger partial charge on any atom is 0.416 e. The second kappa shape index (κ2) is 6.69. The summed E-state index contributed by atoms with van der Waals surface area (Å²) in [6.07, 6.45) is 1.81. The van der Waals surface area contributed by atoms with Crippen molar-refractivity contribution in [3.63, 3.8) is 0 Å². The summed E-state index contributed by atoms with van der Waals surface area (Å²) in [5, 5.41) is 0. The van der Waals surface area contributed by atoms with Gasteiger partial charge in [0.05, 0.1) is 5.56 Å². The zero-order valence-electron chi connectivity index (χ0n) is 12.4. The van der Waals surface area contributed by atoms with Gasteiger partial charge in [0.2, 0.25) is 0 Å². The van der Waals surface area contributed by atoms with Crippen LogP contribution in [0.5, 0.6) is 0 Å². The van der Waals surface area contributed by atoms with Gasteiger partial charge in [0.1, 0.15) is 0 Å². The summed E-state index contributed by atoms with van der Waals surface area (Å²) in [4.78, 5) is 2.00. The predicted octanol–water partition coefficient (Wildman–Crippen LogP) is 4.30. The molecule has 1 aliphatic rings. The minimum Gasteiger partial charge on any atom is -0.399 e. The average Bonchev–Trinajstić information content (AvgIpc) is 2.40. The van der Waals surface area contributed by atoms with Gasteiger partial charge in [-0.05, 0) is 43.5 Å². The largest absolute Gasteiger partial charge is 0.416 e. The maximum absolute atomic E-state index is 13.1. The first-order valence-corrected chi connectivity index (χ1v) is 7.50. The Hall–Kier alpha value is -1.23. The van der Waals surface area contributed by atoms with Gasteiger partial charge in [0, 0.05) is 18.8 Å². The molecule has 5 heteroatoms. The van der Waals surface area contributed by atoms with E-state index in [1.54, 1.807) is 6.07 Å². The molecule has 2 rings (SSSR count). The van der Waals surface area contributed by atoms with Crippen LogP contribution in [0.1, 0.15) is 43.2 Å². The van der Waals surface area contributed by atoms with Crippen LogP contribution < -0.4 is 5.73 Å². The van der Waals surface area contributed by atoms with E-state index < -0.39 is 11.7 Å². The van der Waals surface area contributed by atoms with Crippen LogP contribution in [-0.2, 0) is 12.7 Å². The molecule has 0 atom stereocenters. The molecule has 0 radical (unpaired) electrons. The summed E-state index contributed by atoms with van der Waals surface area (Å²) in [5.41, 5.74) is 5.33. The van der Waals surface area contributed by atoms with E-state index in [-0.39, 0.29) is 5.69 Å². The van der Waals surface area contributed by atoms with Gasteiger partial charge in [0.15, 0.2) is 0 Å². The molecule has 2 nitrogen and oxygen atoms in total. The molecule has 1 fully saturated rings. The minimum atomic E-state index is -4.35. The maximum atomic E-state index is 13.1. The molecule has 1 saturated carbocycles. The molecular weight excluding hydrogens is 277 g/mol. The molecular formula is C16H23F3N2. The predicted molar refractivity (Wildman–Crippen MR) is 78.8 cm³/mol. The standard InChI is InChI=1S/C16H23F3N2/c1-21(10-12-5-3-2-4-6-12)11-13-7-8-14(20)9-15(13)16(17,18)19/h7-9,12H,2-6,10-11,20H2,1H3. The first kappa shape index (κ1) is 16.1. The van der Waals surface area contributed by atoms with Gasteiger partial charge in [0.25, 0.3) is 0 Å². The van der Waals surface area contributed by atoms with Crippen molar-refractivity contribution < 1.29 is 13.2 Å². The fourth-order valence-corrected chi connectivity index (χ4v) is 3.16. The number of nitrogens with zero attached hydrogens (tertiary/aromatic N) is 1. The molecule has 2 N–H and O–H groups in total. The minimum absolute atomic E-state index is 0.154. The van der Waals surface area contributed by atoms with Crippen molar-refractivity contribution in [2.75, 3.05) is 19.3 Å². The van der Waals surface area contributed by atoms with Gasteiger partial charge in [-0.25, -0.2) is 0 Å². The summed E-state index contributed by atoms with van der Waals surface area (Å²) in [5.74, 6) is 0.617. The van der Waals surface area contributed by atoms with E-state index in [1.807, 2.05) is 11.9 Å². The van der Waals surface area contributed by atoms with Crippen molar-refractivity contribution >= 4 is 5.69 Å². The molecule has 0 spiro atoms. The van der Waals surface area contributed by atoms with E-state index in [1.165, 1.54) is 38.2 Å². The lowest BCUT2D eigenvalue weighted by atomic mass is 9.89. The second-order valence-corrected chi connectivity index (χ2v) is 6.12. The molecule has 0 unspecified atom stereocenters. The Morgan fingerprint density at radius 2 is 1.86 bits per heavy atom. The van der Waals surface area contributed by atoms with Gasteiger partial charge >= 0.3 is 6.18 Å². The quantitative estimate of drug-likeness (QED) is 0.840. The third kappa shape index (κ3) is 4.63. The second-order valence-electron chi connectivity index (χ2n) is 6.12. The number of hydrogen-bond donors (Lipinski definition) is 1. The van der Waals surface area contributed by atoms with E-state index in [2.05, 4.69) is 0 Å². The first-order valence-electron chi connectivity index (χ1n) is 7.50. The summed E-state index contributed by atoms with van der Waals surface area (Å²) < 4.78 is 39.2. The van der Waals surface area contributed by atoms with Crippen molar-refractivity contribution in [3.8, 4) is 0 Å². The molecule has 1 aromatic rings. The van der Waals surface area contributed by atoms with Crippen LogP contribution in [0, 0.1) is 5.92 Å². The molecule has 0 heterocycles. The van der Waals surface area contributed by atoms with E-state index in [0.29, 0.717) is 18.0 Å². The smallest absolute Gasteiger partial charge is 0.399 e. The van der Waals surface area contributed by atoms with Crippen molar-refractivity contribution in [1.29, 1.82) is 0 Å². The molecule has 0 saturated heterocycles. The highest BCUT2D eigenvalue weighted by atomic mass is 19.4. The topological polar surface area (TPSA) is 29.3 Å². The van der Waals surface area contributed by atoms with Crippen molar-refractivity contribution in [3.05, 3.63) is 29.3 Å². The third-order valence-electron chi connectivity index (χ3n) is 4.17. The highest BCUT2D eigenvalue weighted by Crippen LogP contribution is 2.34. The number of anilines is 1. The molecule has 0 aliphatic heterocycles. The van der Waals surface area contributed by atoms with Crippen molar-refractivity contribution in [1.82, 2.24) is 4.90 Å². The number of halogens is 3. The molecule has 21 heavy (non-hydrogen) atoms. The number of nitrogen functional groups attached to an aromatic ring is 1. The Kier molecular flexibility index (Phi) is 5.14. The lowest BCUT2D eigenvalue weighted by Gasteiger charge is -2.27. The van der Waals surface area contributed by atoms with Crippen LogP contribution in [-0.4, -0.2) is 18.5 Å². The molecule has 0 bridgehead atoms. The van der Waals surface area contributed by atoms with Gasteiger partial charge in [-0.3, -0.25) is 0 Å². The number of rotatable bonds is 4. The van der Waals surface area contributed by atoms with Crippen LogP contribution >= 0.6 is 0 Å². The summed E-state index contributed by atoms with van der Waals surface area (Å²) >= 11 is 0. The molecule has 0 aromatic heterocycles. The molecule has 1 aromatic carbocycles. The number of hydrogen-bond acceptors (Lipinski definition) is 2. The van der Waals surface area contributed by atoms with Crippen LogP contribution in [0.2, 0.25) is 0 Å². The van der Waals surface area contributed by atoms with Crippen LogP contribution in [0.4, 0.5) is 18.9 Å². The normalized spacial score (nSPS) is 17.4. The Balaban J connectivity index is 2.04. The summed E-state index contributed by atoms with van der Waals surface area (Å²) in [6, 6.07) is 4.07. The van der Waals surface area contributed by atoms with Gasteiger partial charge < -0.3 is 10.6 Å². The fourth-order valence-electron chi connectivity index (χ4n) is 3.16. The molecule has 118 valence electrons.